The summed E-state index contributed by atoms with van der Waals surface area (Å²) >= 11 is 0. The number of ether oxygens (including phenoxy) is 2. The number of nitrogens with zero attached hydrogens (tertiary/aromatic N) is 1. The van der Waals surface area contributed by atoms with Crippen LogP contribution < -0.4 is 10.0 Å². The van der Waals surface area contributed by atoms with E-state index in [1.807, 2.05) is 0 Å². The Labute approximate surface area is 191 Å². The van der Waals surface area contributed by atoms with Gasteiger partial charge in [-0.15, -0.1) is 0 Å². The van der Waals surface area contributed by atoms with Gasteiger partial charge in [-0.25, -0.2) is 22.8 Å². The van der Waals surface area contributed by atoms with Gasteiger partial charge in [0.25, 0.3) is 10.0 Å². The van der Waals surface area contributed by atoms with Crippen molar-refractivity contribution < 1.29 is 32.3 Å². The summed E-state index contributed by atoms with van der Waals surface area (Å²) in [5.74, 6) is -1.48. The maximum absolute atomic E-state index is 12.8. The number of hydrogen-bond acceptors (Lipinski definition) is 7. The van der Waals surface area contributed by atoms with Crippen molar-refractivity contribution in [3.63, 3.8) is 0 Å². The van der Waals surface area contributed by atoms with Gasteiger partial charge in [-0.3, -0.25) is 4.72 Å². The highest BCUT2D eigenvalue weighted by Gasteiger charge is 2.20. The first-order valence-electron chi connectivity index (χ1n) is 10.2. The van der Waals surface area contributed by atoms with Gasteiger partial charge in [-0.05, 0) is 61.7 Å². The molecule has 2 amide bonds. The number of amides is 2. The van der Waals surface area contributed by atoms with E-state index in [0.717, 1.165) is 19.3 Å². The molecule has 1 aliphatic heterocycles. The fraction of sp³-hybridized carbons (Fsp3) is 0.318. The maximum atomic E-state index is 12.8. The summed E-state index contributed by atoms with van der Waals surface area (Å²) in [5.41, 5.74) is 0.411. The van der Waals surface area contributed by atoms with Crippen LogP contribution in [0.2, 0.25) is 0 Å². The summed E-state index contributed by atoms with van der Waals surface area (Å²) in [7, 11) is -1.72. The minimum Gasteiger partial charge on any atom is -0.465 e. The van der Waals surface area contributed by atoms with Crippen LogP contribution >= 0.6 is 0 Å². The van der Waals surface area contributed by atoms with Crippen molar-refractivity contribution in [3.05, 3.63) is 53.6 Å². The molecule has 1 fully saturated rings. The number of esters is 2. The van der Waals surface area contributed by atoms with Crippen LogP contribution in [0.1, 0.15) is 40.0 Å². The van der Waals surface area contributed by atoms with E-state index in [9.17, 15) is 22.8 Å². The van der Waals surface area contributed by atoms with Crippen molar-refractivity contribution in [2.75, 3.05) is 37.3 Å². The number of anilines is 2. The van der Waals surface area contributed by atoms with Gasteiger partial charge >= 0.3 is 18.0 Å². The molecule has 0 radical (unpaired) electrons. The van der Waals surface area contributed by atoms with Gasteiger partial charge in [0.1, 0.15) is 0 Å². The lowest BCUT2D eigenvalue weighted by molar-refractivity contribution is 0.0599. The van der Waals surface area contributed by atoms with Crippen LogP contribution in [0.3, 0.4) is 0 Å². The van der Waals surface area contributed by atoms with E-state index < -0.39 is 22.0 Å². The first-order chi connectivity index (χ1) is 15.7. The van der Waals surface area contributed by atoms with Crippen molar-refractivity contribution >= 4 is 39.4 Å². The SMILES string of the molecule is COC(=O)c1cc(NS(=O)(=O)c2ccc(NC(=O)N3CCCCC3)cc2)cc(C(=O)OC)c1. The minimum absolute atomic E-state index is 0.0132. The van der Waals surface area contributed by atoms with E-state index >= 15 is 0 Å². The standard InChI is InChI=1S/C22H25N3O7S/c1-31-20(26)15-12-16(21(27)32-2)14-18(13-15)24-33(29,30)19-8-6-17(7-9-19)23-22(28)25-10-4-3-5-11-25/h6-9,12-14,24H,3-5,10-11H2,1-2H3,(H,23,28). The molecule has 33 heavy (non-hydrogen) atoms. The lowest BCUT2D eigenvalue weighted by Crippen LogP contribution is -2.38. The molecule has 2 N–H and O–H groups in total. The lowest BCUT2D eigenvalue weighted by atomic mass is 10.1. The number of carbonyl (C=O) groups is 3. The van der Waals surface area contributed by atoms with E-state index in [1.54, 1.807) is 4.90 Å². The number of nitrogens with one attached hydrogen (secondary N) is 2. The first-order valence-corrected chi connectivity index (χ1v) is 11.7. The maximum Gasteiger partial charge on any atom is 0.337 e. The van der Waals surface area contributed by atoms with E-state index in [4.69, 9.17) is 0 Å². The van der Waals surface area contributed by atoms with Crippen molar-refractivity contribution in [2.24, 2.45) is 0 Å². The molecular weight excluding hydrogens is 450 g/mol. The van der Waals surface area contributed by atoms with Gasteiger partial charge in [0.15, 0.2) is 0 Å². The van der Waals surface area contributed by atoms with Crippen molar-refractivity contribution in [1.82, 2.24) is 4.90 Å². The molecule has 1 heterocycles. The van der Waals surface area contributed by atoms with Gasteiger partial charge in [-0.2, -0.15) is 0 Å². The Kier molecular flexibility index (Phi) is 7.54. The number of sulfonamides is 1. The molecule has 176 valence electrons. The second kappa shape index (κ2) is 10.3. The van der Waals surface area contributed by atoms with Crippen LogP contribution in [0.5, 0.6) is 0 Å². The Morgan fingerprint density at radius 2 is 1.36 bits per heavy atom. The third-order valence-corrected chi connectivity index (χ3v) is 6.48. The zero-order valence-electron chi connectivity index (χ0n) is 18.3. The number of benzene rings is 2. The number of urea groups is 1. The highest BCUT2D eigenvalue weighted by molar-refractivity contribution is 7.92. The summed E-state index contributed by atoms with van der Waals surface area (Å²) < 4.78 is 37.3. The quantitative estimate of drug-likeness (QED) is 0.614. The zero-order chi connectivity index (χ0) is 24.0. The zero-order valence-corrected chi connectivity index (χ0v) is 19.1. The van der Waals surface area contributed by atoms with Crippen molar-refractivity contribution in [1.29, 1.82) is 0 Å². The summed E-state index contributed by atoms with van der Waals surface area (Å²) in [6, 6.07) is 9.20. The molecule has 0 aliphatic carbocycles. The number of likely N-dealkylation sites (tertiary alicyclic amines) is 1. The molecule has 10 nitrogen and oxygen atoms in total. The minimum atomic E-state index is -4.05. The van der Waals surface area contributed by atoms with Crippen LogP contribution in [-0.2, 0) is 19.5 Å². The molecule has 0 atom stereocenters. The molecular formula is C22H25N3O7S. The van der Waals surface area contributed by atoms with E-state index in [2.05, 4.69) is 19.5 Å². The molecule has 1 aliphatic rings. The molecule has 0 aromatic heterocycles. The van der Waals surface area contributed by atoms with Gasteiger partial charge in [0, 0.05) is 18.8 Å². The summed E-state index contributed by atoms with van der Waals surface area (Å²) in [6.45, 7) is 1.39. The molecule has 1 saturated heterocycles. The molecule has 3 rings (SSSR count). The van der Waals surface area contributed by atoms with Crippen LogP contribution in [-0.4, -0.2) is 58.6 Å². The third kappa shape index (κ3) is 6.01. The lowest BCUT2D eigenvalue weighted by Gasteiger charge is -2.26. The molecule has 0 unspecified atom stereocenters. The number of piperidine rings is 1. The third-order valence-electron chi connectivity index (χ3n) is 5.09. The van der Waals surface area contributed by atoms with E-state index in [-0.39, 0.29) is 27.7 Å². The Bertz CT molecular complexity index is 1110. The summed E-state index contributed by atoms with van der Waals surface area (Å²) in [5, 5.41) is 2.76. The highest BCUT2D eigenvalue weighted by atomic mass is 32.2. The second-order valence-corrected chi connectivity index (χ2v) is 9.07. The van der Waals surface area contributed by atoms with Crippen LogP contribution in [0.15, 0.2) is 47.4 Å². The number of carbonyl (C=O) groups excluding carboxylic acids is 3. The van der Waals surface area contributed by atoms with Gasteiger partial charge < -0.3 is 19.7 Å². The highest BCUT2D eigenvalue weighted by Crippen LogP contribution is 2.22. The number of rotatable bonds is 6. The van der Waals surface area contributed by atoms with Gasteiger partial charge in [0.05, 0.1) is 35.9 Å². The van der Waals surface area contributed by atoms with Gasteiger partial charge in [-0.1, -0.05) is 0 Å². The van der Waals surface area contributed by atoms with Gasteiger partial charge in [0.2, 0.25) is 0 Å². The molecule has 11 heteroatoms. The molecule has 0 bridgehead atoms. The van der Waals surface area contributed by atoms with Crippen LogP contribution in [0, 0.1) is 0 Å². The Morgan fingerprint density at radius 1 is 0.818 bits per heavy atom. The van der Waals surface area contributed by atoms with Crippen LogP contribution in [0.4, 0.5) is 16.2 Å². The topological polar surface area (TPSA) is 131 Å². The molecule has 2 aromatic rings. The predicted octanol–water partition coefficient (Wildman–Crippen LogP) is 3.08. The normalized spacial score (nSPS) is 13.7. The Morgan fingerprint density at radius 3 is 1.88 bits per heavy atom. The average molecular weight is 476 g/mol. The largest absolute Gasteiger partial charge is 0.465 e. The molecule has 0 spiro atoms. The van der Waals surface area contributed by atoms with Crippen molar-refractivity contribution in [3.8, 4) is 0 Å². The average Bonchev–Trinajstić information content (AvgIpc) is 2.83. The number of hydrogen-bond donors (Lipinski definition) is 2. The van der Waals surface area contributed by atoms with Crippen molar-refractivity contribution in [2.45, 2.75) is 24.2 Å². The smallest absolute Gasteiger partial charge is 0.337 e. The predicted molar refractivity (Wildman–Crippen MR) is 121 cm³/mol. The Hall–Kier alpha value is -3.60. The van der Waals surface area contributed by atoms with E-state index in [1.165, 1.54) is 56.7 Å². The molecule has 2 aromatic carbocycles. The summed E-state index contributed by atoms with van der Waals surface area (Å²) in [6.07, 6.45) is 3.03. The number of methoxy groups -OCH3 is 2. The fourth-order valence-electron chi connectivity index (χ4n) is 3.39. The first kappa shape index (κ1) is 24.1. The molecule has 0 saturated carbocycles. The summed E-state index contributed by atoms with van der Waals surface area (Å²) in [4.78, 5) is 37.8. The monoisotopic (exact) mass is 475 g/mol. The second-order valence-electron chi connectivity index (χ2n) is 7.39. The Balaban J connectivity index is 1.78. The van der Waals surface area contributed by atoms with E-state index in [0.29, 0.717) is 18.8 Å². The van der Waals surface area contributed by atoms with Crippen LogP contribution in [0.25, 0.3) is 0 Å². The fourth-order valence-corrected chi connectivity index (χ4v) is 4.43.